The minimum absolute atomic E-state index is 0.0653. The van der Waals surface area contributed by atoms with Crippen LogP contribution in [0.5, 0.6) is 0 Å². The summed E-state index contributed by atoms with van der Waals surface area (Å²) in [6.45, 7) is 4.85. The first-order valence-electron chi connectivity index (χ1n) is 18.1. The van der Waals surface area contributed by atoms with Gasteiger partial charge in [0.05, 0.1) is 45.9 Å². The molecule has 2 aliphatic carbocycles. The maximum absolute atomic E-state index is 17.2. The maximum atomic E-state index is 17.2. The number of halogens is 3. The van der Waals surface area contributed by atoms with Crippen LogP contribution < -0.4 is 5.32 Å². The summed E-state index contributed by atoms with van der Waals surface area (Å²) in [4.78, 5) is 21.0. The third kappa shape index (κ3) is 5.33. The van der Waals surface area contributed by atoms with Gasteiger partial charge in [-0.05, 0) is 75.1 Å². The second kappa shape index (κ2) is 12.8. The Morgan fingerprint density at radius 2 is 1.96 bits per heavy atom. The summed E-state index contributed by atoms with van der Waals surface area (Å²) in [5.74, 6) is 0.266. The third-order valence-corrected chi connectivity index (χ3v) is 12.6. The van der Waals surface area contributed by atoms with Crippen LogP contribution >= 0.6 is 23.2 Å². The van der Waals surface area contributed by atoms with E-state index in [1.165, 1.54) is 0 Å². The molecule has 0 spiro atoms. The highest BCUT2D eigenvalue weighted by molar-refractivity contribution is 6.43. The molecule has 6 aliphatic rings. The largest absolute Gasteiger partial charge is 0.381 e. The van der Waals surface area contributed by atoms with Crippen LogP contribution in [0.15, 0.2) is 30.3 Å². The van der Waals surface area contributed by atoms with Crippen LogP contribution in [0.4, 0.5) is 4.39 Å². The van der Waals surface area contributed by atoms with Crippen molar-refractivity contribution in [3.05, 3.63) is 63.1 Å². The third-order valence-electron chi connectivity index (χ3n) is 11.8. The number of amides is 1. The Morgan fingerprint density at radius 1 is 1.14 bits per heavy atom. The Hall–Kier alpha value is -3.26. The minimum Gasteiger partial charge on any atom is -0.381 e. The Balaban J connectivity index is 1.25. The Labute approximate surface area is 300 Å². The van der Waals surface area contributed by atoms with E-state index in [1.807, 2.05) is 13.0 Å². The average molecular weight is 717 g/mol. The first-order valence-corrected chi connectivity index (χ1v) is 18.8. The van der Waals surface area contributed by atoms with Gasteiger partial charge in [0.15, 0.2) is 5.82 Å². The highest BCUT2D eigenvalue weighted by Crippen LogP contribution is 2.51. The van der Waals surface area contributed by atoms with Crippen molar-refractivity contribution in [3.8, 4) is 17.2 Å². The van der Waals surface area contributed by atoms with Crippen LogP contribution in [-0.4, -0.2) is 64.9 Å². The molecule has 0 radical (unpaired) electrons. The smallest absolute Gasteiger partial charge is 0.226 e. The molecule has 2 aromatic heterocycles. The predicted molar refractivity (Wildman–Crippen MR) is 191 cm³/mol. The Morgan fingerprint density at radius 3 is 2.68 bits per heavy atom. The molecule has 5 unspecified atom stereocenters. The van der Waals surface area contributed by atoms with Gasteiger partial charge in [-0.1, -0.05) is 35.3 Å². The van der Waals surface area contributed by atoms with E-state index < -0.39 is 5.82 Å². The SMILES string of the molecule is Cc1nc2c(F)c(-c3cccc(Cl)c3Cl)c(CCC#N)cc2c2c1cc(C1CC(OC3CCOCC3)CN1C(=O)C1CC1)n2C1C2CNC1C2. The van der Waals surface area contributed by atoms with Crippen molar-refractivity contribution in [1.29, 1.82) is 5.26 Å². The fourth-order valence-corrected chi connectivity index (χ4v) is 9.56. The van der Waals surface area contributed by atoms with E-state index in [-0.39, 0.29) is 53.1 Å². The summed E-state index contributed by atoms with van der Waals surface area (Å²) in [7, 11) is 0. The van der Waals surface area contributed by atoms with Crippen molar-refractivity contribution >= 4 is 50.9 Å². The number of fused-ring (bicyclic) bond motifs is 4. The van der Waals surface area contributed by atoms with Crippen molar-refractivity contribution < 1.29 is 18.7 Å². The lowest BCUT2D eigenvalue weighted by molar-refractivity contribution is -0.134. The molecule has 6 heterocycles. The molecule has 2 saturated carbocycles. The molecule has 4 aromatic rings. The number of carbonyl (C=O) groups excluding carboxylic acids is 1. The van der Waals surface area contributed by atoms with Gasteiger partial charge in [0.1, 0.15) is 5.52 Å². The van der Waals surface area contributed by atoms with Crippen molar-refractivity contribution in [2.24, 2.45) is 11.8 Å². The molecule has 1 amide bonds. The van der Waals surface area contributed by atoms with Gasteiger partial charge >= 0.3 is 0 Å². The van der Waals surface area contributed by atoms with Crippen LogP contribution in [0, 0.1) is 35.9 Å². The molecule has 2 aromatic carbocycles. The molecule has 11 heteroatoms. The van der Waals surface area contributed by atoms with Gasteiger partial charge in [0.25, 0.3) is 0 Å². The molecule has 5 atom stereocenters. The second-order valence-corrected chi connectivity index (χ2v) is 15.7. The summed E-state index contributed by atoms with van der Waals surface area (Å²) >= 11 is 13.1. The zero-order chi connectivity index (χ0) is 34.3. The number of likely N-dealkylation sites (tertiary alicyclic amines) is 1. The van der Waals surface area contributed by atoms with Crippen LogP contribution in [-0.2, 0) is 20.7 Å². The van der Waals surface area contributed by atoms with Crippen molar-refractivity contribution in [2.45, 2.75) is 88.6 Å². The second-order valence-electron chi connectivity index (χ2n) is 14.9. The summed E-state index contributed by atoms with van der Waals surface area (Å²) in [5.41, 5.74) is 4.53. The first kappa shape index (κ1) is 32.6. The summed E-state index contributed by atoms with van der Waals surface area (Å²) in [6, 6.07) is 12.0. The molecule has 4 aliphatic heterocycles. The quantitative estimate of drug-likeness (QED) is 0.200. The molecule has 6 fully saturated rings. The first-order chi connectivity index (χ1) is 24.3. The molecule has 260 valence electrons. The lowest BCUT2D eigenvalue weighted by atomic mass is 9.79. The predicted octanol–water partition coefficient (Wildman–Crippen LogP) is 7.85. The minimum atomic E-state index is -0.468. The fourth-order valence-electron chi connectivity index (χ4n) is 9.17. The number of hydrogen-bond donors (Lipinski definition) is 1. The summed E-state index contributed by atoms with van der Waals surface area (Å²) in [6.07, 6.45) is 6.05. The number of benzene rings is 2. The zero-order valence-electron chi connectivity index (χ0n) is 28.1. The van der Waals surface area contributed by atoms with Crippen LogP contribution in [0.25, 0.3) is 32.9 Å². The number of nitrogens with zero attached hydrogens (tertiary/aromatic N) is 4. The fraction of sp³-hybridized carbons (Fsp3) is 0.513. The van der Waals surface area contributed by atoms with Crippen molar-refractivity contribution in [3.63, 3.8) is 0 Å². The molecular weight excluding hydrogens is 676 g/mol. The number of rotatable bonds is 8. The van der Waals surface area contributed by atoms with Crippen molar-refractivity contribution in [2.75, 3.05) is 26.3 Å². The Kier molecular flexibility index (Phi) is 8.32. The van der Waals surface area contributed by atoms with E-state index >= 15 is 4.39 Å². The number of nitriles is 1. The standard InChI is InChI=1S/C39H40Cl2FN5O3/c1-20-27-17-32(31-16-25(50-24-9-12-49-13-10-24)19-46(31)39(48)21-7-8-21)47(37-23-15-30(37)44-18-23)38(27)28-14-22(4-3-11-43)33(35(42)36(28)45-20)26-5-2-6-29(40)34(26)41/h2,5-6,14,17,21,23-25,30-31,37,44H,3-4,7-10,12-13,15-16,18-19H2,1H3. The monoisotopic (exact) mass is 715 g/mol. The van der Waals surface area contributed by atoms with E-state index in [0.717, 1.165) is 60.9 Å². The van der Waals surface area contributed by atoms with E-state index in [1.54, 1.807) is 18.2 Å². The van der Waals surface area contributed by atoms with Gasteiger partial charge in [0.2, 0.25) is 5.91 Å². The molecule has 1 N–H and O–H groups in total. The summed E-state index contributed by atoms with van der Waals surface area (Å²) in [5, 5.41) is 15.6. The molecular formula is C39H40Cl2FN5O3. The van der Waals surface area contributed by atoms with Gasteiger partial charge in [0, 0.05) is 84.4 Å². The van der Waals surface area contributed by atoms with Crippen LogP contribution in [0.3, 0.4) is 0 Å². The topological polar surface area (TPSA) is 92.4 Å². The number of aromatic nitrogens is 2. The van der Waals surface area contributed by atoms with E-state index in [4.69, 9.17) is 37.7 Å². The lowest BCUT2D eigenvalue weighted by Crippen LogP contribution is -2.41. The van der Waals surface area contributed by atoms with Gasteiger partial charge in [-0.3, -0.25) is 4.79 Å². The van der Waals surface area contributed by atoms with Crippen LogP contribution in [0.1, 0.15) is 74.0 Å². The number of nitrogens with one attached hydrogen (secondary N) is 1. The van der Waals surface area contributed by atoms with Crippen molar-refractivity contribution in [1.82, 2.24) is 19.8 Å². The van der Waals surface area contributed by atoms with Gasteiger partial charge in [-0.25, -0.2) is 9.37 Å². The van der Waals surface area contributed by atoms with Gasteiger partial charge in [-0.15, -0.1) is 0 Å². The molecule has 10 rings (SSSR count). The van der Waals surface area contributed by atoms with Gasteiger partial charge in [-0.2, -0.15) is 5.26 Å². The van der Waals surface area contributed by atoms with E-state index in [9.17, 15) is 10.1 Å². The summed E-state index contributed by atoms with van der Waals surface area (Å²) < 4.78 is 31.9. The number of pyridine rings is 1. The van der Waals surface area contributed by atoms with Crippen LogP contribution in [0.2, 0.25) is 10.0 Å². The zero-order valence-corrected chi connectivity index (χ0v) is 29.6. The molecule has 2 bridgehead atoms. The maximum Gasteiger partial charge on any atom is 0.226 e. The lowest BCUT2D eigenvalue weighted by Gasteiger charge is -2.39. The average Bonchev–Trinajstić information content (AvgIpc) is 3.40. The number of aryl methyl sites for hydroxylation is 2. The van der Waals surface area contributed by atoms with E-state index in [0.29, 0.717) is 71.7 Å². The Bertz CT molecular complexity index is 2050. The normalized spacial score (nSPS) is 26.5. The molecule has 8 nitrogen and oxygen atoms in total. The molecule has 4 saturated heterocycles. The number of ether oxygens (including phenoxy) is 2. The van der Waals surface area contributed by atoms with Gasteiger partial charge < -0.3 is 24.3 Å². The van der Waals surface area contributed by atoms with E-state index in [2.05, 4.69) is 26.9 Å². The number of carbonyl (C=O) groups is 1. The highest BCUT2D eigenvalue weighted by Gasteiger charge is 2.51. The highest BCUT2D eigenvalue weighted by atomic mass is 35.5. The molecule has 50 heavy (non-hydrogen) atoms. The number of hydrogen-bond acceptors (Lipinski definition) is 6.